The Labute approximate surface area is 98.2 Å². The molecule has 2 aromatic rings. The molecular weight excluding hydrogens is 283 g/mol. The molecule has 1 aromatic carbocycles. The Morgan fingerprint density at radius 3 is 2.80 bits per heavy atom. The van der Waals surface area contributed by atoms with E-state index in [-0.39, 0.29) is 5.69 Å². The molecule has 0 radical (unpaired) electrons. The van der Waals surface area contributed by atoms with Crippen molar-refractivity contribution in [3.05, 3.63) is 44.0 Å². The molecule has 0 aliphatic rings. The Morgan fingerprint density at radius 1 is 1.40 bits per heavy atom. The molecule has 0 atom stereocenters. The zero-order valence-corrected chi connectivity index (χ0v) is 9.62. The standard InChI is InChI=1S/C9H4BrClN2O2/c10-7-4-5-3-6(13(14)15)1-2-8(5)12-9(7)11/h1-4H. The Kier molecular flexibility index (Phi) is 2.58. The van der Waals surface area contributed by atoms with Gasteiger partial charge >= 0.3 is 0 Å². The predicted octanol–water partition coefficient (Wildman–Crippen LogP) is 3.56. The van der Waals surface area contributed by atoms with E-state index in [4.69, 9.17) is 11.6 Å². The van der Waals surface area contributed by atoms with Gasteiger partial charge in [-0.15, -0.1) is 0 Å². The van der Waals surface area contributed by atoms with Gasteiger partial charge in [0.1, 0.15) is 5.15 Å². The van der Waals surface area contributed by atoms with Crippen LogP contribution in [0.4, 0.5) is 5.69 Å². The van der Waals surface area contributed by atoms with Crippen LogP contribution in [0.25, 0.3) is 10.9 Å². The third-order valence-electron chi connectivity index (χ3n) is 1.92. The first-order chi connectivity index (χ1) is 7.08. The lowest BCUT2D eigenvalue weighted by molar-refractivity contribution is -0.384. The topological polar surface area (TPSA) is 56.0 Å². The summed E-state index contributed by atoms with van der Waals surface area (Å²) >= 11 is 9.01. The van der Waals surface area contributed by atoms with Crippen molar-refractivity contribution in [2.24, 2.45) is 0 Å². The van der Waals surface area contributed by atoms with E-state index < -0.39 is 4.92 Å². The molecule has 6 heteroatoms. The molecule has 1 aromatic heterocycles. The quantitative estimate of drug-likeness (QED) is 0.458. The van der Waals surface area contributed by atoms with Gasteiger partial charge in [0.05, 0.1) is 14.9 Å². The number of nitrogens with zero attached hydrogens (tertiary/aromatic N) is 2. The van der Waals surface area contributed by atoms with Crippen LogP contribution in [0.3, 0.4) is 0 Å². The minimum Gasteiger partial charge on any atom is -0.258 e. The number of halogens is 2. The lowest BCUT2D eigenvalue weighted by Gasteiger charge is -2.00. The number of pyridine rings is 1. The van der Waals surface area contributed by atoms with Crippen molar-refractivity contribution in [2.75, 3.05) is 0 Å². The van der Waals surface area contributed by atoms with Crippen LogP contribution in [0, 0.1) is 10.1 Å². The van der Waals surface area contributed by atoms with E-state index >= 15 is 0 Å². The highest BCUT2D eigenvalue weighted by molar-refractivity contribution is 9.10. The van der Waals surface area contributed by atoms with Gasteiger partial charge < -0.3 is 0 Å². The molecule has 1 heterocycles. The van der Waals surface area contributed by atoms with E-state index in [1.165, 1.54) is 12.1 Å². The minimum absolute atomic E-state index is 0.0403. The zero-order chi connectivity index (χ0) is 11.0. The van der Waals surface area contributed by atoms with Crippen molar-refractivity contribution in [1.82, 2.24) is 4.98 Å². The van der Waals surface area contributed by atoms with Gasteiger partial charge in [-0.05, 0) is 28.1 Å². The van der Waals surface area contributed by atoms with Gasteiger partial charge in [-0.3, -0.25) is 10.1 Å². The number of hydrogen-bond donors (Lipinski definition) is 0. The first-order valence-corrected chi connectivity index (χ1v) is 5.15. The number of fused-ring (bicyclic) bond motifs is 1. The maximum absolute atomic E-state index is 10.5. The number of non-ortho nitro benzene ring substituents is 1. The van der Waals surface area contributed by atoms with Gasteiger partial charge in [0.15, 0.2) is 0 Å². The molecule has 0 aliphatic carbocycles. The van der Waals surface area contributed by atoms with Crippen molar-refractivity contribution in [1.29, 1.82) is 0 Å². The highest BCUT2D eigenvalue weighted by Crippen LogP contribution is 2.27. The van der Waals surface area contributed by atoms with Gasteiger partial charge in [0.2, 0.25) is 0 Å². The van der Waals surface area contributed by atoms with E-state index in [0.29, 0.717) is 20.5 Å². The SMILES string of the molecule is O=[N+]([O-])c1ccc2nc(Cl)c(Br)cc2c1. The zero-order valence-electron chi connectivity index (χ0n) is 7.28. The molecule has 0 saturated heterocycles. The van der Waals surface area contributed by atoms with Crippen LogP contribution < -0.4 is 0 Å². The average Bonchev–Trinajstić information content (AvgIpc) is 2.19. The van der Waals surface area contributed by atoms with Crippen LogP contribution in [0.1, 0.15) is 0 Å². The second-order valence-corrected chi connectivity index (χ2v) is 4.11. The fourth-order valence-electron chi connectivity index (χ4n) is 1.23. The van der Waals surface area contributed by atoms with E-state index in [1.807, 2.05) is 0 Å². The summed E-state index contributed by atoms with van der Waals surface area (Å²) in [6.07, 6.45) is 0. The molecular formula is C9H4BrClN2O2. The smallest absolute Gasteiger partial charge is 0.258 e. The Hall–Kier alpha value is -1.20. The summed E-state index contributed by atoms with van der Waals surface area (Å²) in [5.41, 5.74) is 0.673. The molecule has 0 amide bonds. The maximum atomic E-state index is 10.5. The molecule has 0 fully saturated rings. The van der Waals surface area contributed by atoms with Crippen molar-refractivity contribution in [3.63, 3.8) is 0 Å². The predicted molar refractivity (Wildman–Crippen MR) is 61.1 cm³/mol. The van der Waals surface area contributed by atoms with Crippen molar-refractivity contribution < 1.29 is 4.92 Å². The van der Waals surface area contributed by atoms with Crippen LogP contribution in [0.15, 0.2) is 28.7 Å². The number of rotatable bonds is 1. The van der Waals surface area contributed by atoms with E-state index in [0.717, 1.165) is 0 Å². The molecule has 0 bridgehead atoms. The first kappa shape index (κ1) is 10.3. The summed E-state index contributed by atoms with van der Waals surface area (Å²) in [6.45, 7) is 0. The highest BCUT2D eigenvalue weighted by Gasteiger charge is 2.08. The Morgan fingerprint density at radius 2 is 2.13 bits per heavy atom. The monoisotopic (exact) mass is 286 g/mol. The summed E-state index contributed by atoms with van der Waals surface area (Å²) in [4.78, 5) is 14.2. The van der Waals surface area contributed by atoms with Gasteiger partial charge in [0, 0.05) is 17.5 Å². The van der Waals surface area contributed by atoms with Crippen molar-refractivity contribution in [3.8, 4) is 0 Å². The lowest BCUT2D eigenvalue weighted by atomic mass is 10.2. The van der Waals surface area contributed by atoms with Crippen LogP contribution in [-0.4, -0.2) is 9.91 Å². The van der Waals surface area contributed by atoms with Crippen molar-refractivity contribution in [2.45, 2.75) is 0 Å². The molecule has 0 N–H and O–H groups in total. The number of nitro benzene ring substituents is 1. The molecule has 2 rings (SSSR count). The van der Waals surface area contributed by atoms with Gasteiger partial charge in [-0.1, -0.05) is 11.6 Å². The third-order valence-corrected chi connectivity index (χ3v) is 3.04. The van der Waals surface area contributed by atoms with Gasteiger partial charge in [-0.25, -0.2) is 4.98 Å². The molecule has 0 aliphatic heterocycles. The van der Waals surface area contributed by atoms with Gasteiger partial charge in [0.25, 0.3) is 5.69 Å². The second kappa shape index (κ2) is 3.75. The Balaban J connectivity index is 2.72. The molecule has 0 spiro atoms. The minimum atomic E-state index is -0.443. The summed E-state index contributed by atoms with van der Waals surface area (Å²) in [6, 6.07) is 6.15. The van der Waals surface area contributed by atoms with E-state index in [9.17, 15) is 10.1 Å². The van der Waals surface area contributed by atoms with E-state index in [2.05, 4.69) is 20.9 Å². The maximum Gasteiger partial charge on any atom is 0.270 e. The molecule has 0 unspecified atom stereocenters. The molecule has 15 heavy (non-hydrogen) atoms. The Bertz CT molecular complexity index is 559. The van der Waals surface area contributed by atoms with Crippen LogP contribution >= 0.6 is 27.5 Å². The van der Waals surface area contributed by atoms with E-state index in [1.54, 1.807) is 12.1 Å². The normalized spacial score (nSPS) is 10.5. The molecule has 76 valence electrons. The average molecular weight is 288 g/mol. The largest absolute Gasteiger partial charge is 0.270 e. The van der Waals surface area contributed by atoms with Crippen LogP contribution in [0.5, 0.6) is 0 Å². The summed E-state index contributed by atoms with van der Waals surface area (Å²) in [7, 11) is 0. The summed E-state index contributed by atoms with van der Waals surface area (Å²) < 4.78 is 0.622. The fourth-order valence-corrected chi connectivity index (χ4v) is 1.71. The number of nitro groups is 1. The number of hydrogen-bond acceptors (Lipinski definition) is 3. The number of benzene rings is 1. The van der Waals surface area contributed by atoms with Crippen LogP contribution in [-0.2, 0) is 0 Å². The molecule has 0 saturated carbocycles. The summed E-state index contributed by atoms with van der Waals surface area (Å²) in [5.74, 6) is 0. The number of aromatic nitrogens is 1. The summed E-state index contributed by atoms with van der Waals surface area (Å²) in [5, 5.41) is 11.6. The van der Waals surface area contributed by atoms with Gasteiger partial charge in [-0.2, -0.15) is 0 Å². The van der Waals surface area contributed by atoms with Crippen molar-refractivity contribution >= 4 is 44.1 Å². The molecule has 4 nitrogen and oxygen atoms in total. The van der Waals surface area contributed by atoms with Crippen LogP contribution in [0.2, 0.25) is 5.15 Å². The first-order valence-electron chi connectivity index (χ1n) is 3.98. The lowest BCUT2D eigenvalue weighted by Crippen LogP contribution is -1.88. The highest BCUT2D eigenvalue weighted by atomic mass is 79.9. The second-order valence-electron chi connectivity index (χ2n) is 2.90. The fraction of sp³-hybridized carbons (Fsp3) is 0. The third kappa shape index (κ3) is 1.93.